The van der Waals surface area contributed by atoms with Crippen LogP contribution in [0.2, 0.25) is 0 Å². The SMILES string of the molecule is CCCCCC/C=C/CC/C=C/CC/C=C/CCCC(O)C(O)C(COC1OC(CO)C(O)C(O)C1O)NC(=O)C(O)CCCC/C=C\CCCCCCCC. The molecule has 1 amide bonds. The van der Waals surface area contributed by atoms with Gasteiger partial charge < -0.3 is 50.5 Å². The van der Waals surface area contributed by atoms with E-state index in [1.54, 1.807) is 0 Å². The summed E-state index contributed by atoms with van der Waals surface area (Å²) in [6, 6.07) is -1.20. The minimum Gasteiger partial charge on any atom is -0.394 e. The molecule has 0 spiro atoms. The van der Waals surface area contributed by atoms with Crippen molar-refractivity contribution in [1.29, 1.82) is 0 Å². The van der Waals surface area contributed by atoms with Gasteiger partial charge in [0.05, 0.1) is 25.4 Å². The van der Waals surface area contributed by atoms with Crippen LogP contribution in [0.3, 0.4) is 0 Å². The highest BCUT2D eigenvalue weighted by Gasteiger charge is 2.44. The van der Waals surface area contributed by atoms with Crippen molar-refractivity contribution in [3.05, 3.63) is 48.6 Å². The standard InChI is InChI=1S/C45H81NO10/c1-3-5-7-9-11-13-15-17-18-19-20-21-23-24-26-28-30-32-37(48)40(50)36(35-55-45-43(53)42(52)41(51)39(34-47)56-45)46-44(54)38(49)33-31-29-27-25-22-16-14-12-10-8-6-4-2/h13,15,19-20,22,24-26,36-43,45,47-53H,3-12,14,16-18,21,23,27-35H2,1-2H3,(H,46,54)/b15-13+,20-19+,25-22-,26-24+. The number of nitrogens with one attached hydrogen (secondary N) is 1. The summed E-state index contributed by atoms with van der Waals surface area (Å²) in [6.07, 6.45) is 28.8. The average molecular weight is 796 g/mol. The fraction of sp³-hybridized carbons (Fsp3) is 0.800. The average Bonchev–Trinajstić information content (AvgIpc) is 3.20. The molecule has 0 radical (unpaired) electrons. The Labute approximate surface area is 339 Å². The van der Waals surface area contributed by atoms with Crippen LogP contribution in [0.5, 0.6) is 0 Å². The largest absolute Gasteiger partial charge is 0.394 e. The van der Waals surface area contributed by atoms with Gasteiger partial charge in [-0.2, -0.15) is 0 Å². The minimum atomic E-state index is -1.68. The predicted octanol–water partition coefficient (Wildman–Crippen LogP) is 6.61. The number of rotatable bonds is 35. The number of amides is 1. The van der Waals surface area contributed by atoms with Crippen molar-refractivity contribution in [3.63, 3.8) is 0 Å². The number of allylic oxidation sites excluding steroid dienone is 8. The molecule has 0 bridgehead atoms. The van der Waals surface area contributed by atoms with Crippen LogP contribution in [0.15, 0.2) is 48.6 Å². The molecule has 1 saturated heterocycles. The summed E-state index contributed by atoms with van der Waals surface area (Å²) >= 11 is 0. The maximum atomic E-state index is 13.0. The molecular weight excluding hydrogens is 714 g/mol. The minimum absolute atomic E-state index is 0.217. The Hall–Kier alpha value is -1.93. The Morgan fingerprint density at radius 2 is 1.07 bits per heavy atom. The molecule has 1 aliphatic rings. The van der Waals surface area contributed by atoms with Crippen LogP contribution in [0.1, 0.15) is 162 Å². The molecule has 56 heavy (non-hydrogen) atoms. The van der Waals surface area contributed by atoms with E-state index in [-0.39, 0.29) is 12.8 Å². The first-order valence-corrected chi connectivity index (χ1v) is 22.0. The van der Waals surface area contributed by atoms with E-state index in [9.17, 15) is 40.5 Å². The van der Waals surface area contributed by atoms with Crippen LogP contribution in [-0.4, -0.2) is 110 Å². The molecule has 11 heteroatoms. The summed E-state index contributed by atoms with van der Waals surface area (Å²) in [6.45, 7) is 3.35. The van der Waals surface area contributed by atoms with E-state index >= 15 is 0 Å². The molecular formula is C45H81NO10. The van der Waals surface area contributed by atoms with Crippen LogP contribution in [0.4, 0.5) is 0 Å². The van der Waals surface area contributed by atoms with Crippen LogP contribution in [0.25, 0.3) is 0 Å². The van der Waals surface area contributed by atoms with Gasteiger partial charge in [-0.3, -0.25) is 4.79 Å². The summed E-state index contributed by atoms with van der Waals surface area (Å²) in [7, 11) is 0. The maximum Gasteiger partial charge on any atom is 0.249 e. The normalized spacial score (nSPS) is 22.8. The first kappa shape index (κ1) is 52.1. The van der Waals surface area contributed by atoms with Crippen molar-refractivity contribution in [2.24, 2.45) is 0 Å². The Kier molecular flexibility index (Phi) is 32.6. The van der Waals surface area contributed by atoms with Crippen LogP contribution in [0, 0.1) is 0 Å². The molecule has 1 rings (SSSR count). The number of hydrogen-bond acceptors (Lipinski definition) is 10. The van der Waals surface area contributed by atoms with Gasteiger partial charge in [0.2, 0.25) is 5.91 Å². The van der Waals surface area contributed by atoms with E-state index in [2.05, 4.69) is 67.8 Å². The second-order valence-corrected chi connectivity index (χ2v) is 15.4. The summed E-state index contributed by atoms with van der Waals surface area (Å²) < 4.78 is 11.0. The lowest BCUT2D eigenvalue weighted by Crippen LogP contribution is -2.60. The Bertz CT molecular complexity index is 1050. The molecule has 11 nitrogen and oxygen atoms in total. The fourth-order valence-corrected chi connectivity index (χ4v) is 6.58. The summed E-state index contributed by atoms with van der Waals surface area (Å²) in [5.74, 6) is -0.733. The van der Waals surface area contributed by atoms with Crippen LogP contribution in [-0.2, 0) is 14.3 Å². The van der Waals surface area contributed by atoms with Gasteiger partial charge in [-0.25, -0.2) is 0 Å². The van der Waals surface area contributed by atoms with E-state index in [0.717, 1.165) is 44.9 Å². The van der Waals surface area contributed by atoms with E-state index < -0.39 is 74.2 Å². The number of carbonyl (C=O) groups excluding carboxylic acids is 1. The number of aliphatic hydroxyl groups excluding tert-OH is 7. The number of carbonyl (C=O) groups is 1. The smallest absolute Gasteiger partial charge is 0.249 e. The van der Waals surface area contributed by atoms with Gasteiger partial charge >= 0.3 is 0 Å². The van der Waals surface area contributed by atoms with Crippen molar-refractivity contribution < 1.29 is 50.0 Å². The summed E-state index contributed by atoms with van der Waals surface area (Å²) in [5.41, 5.74) is 0. The first-order chi connectivity index (χ1) is 27.2. The zero-order valence-electron chi connectivity index (χ0n) is 34.8. The fourth-order valence-electron chi connectivity index (χ4n) is 6.58. The molecule has 9 unspecified atom stereocenters. The quantitative estimate of drug-likeness (QED) is 0.0256. The monoisotopic (exact) mass is 796 g/mol. The van der Waals surface area contributed by atoms with Crippen LogP contribution >= 0.6 is 0 Å². The molecule has 0 aromatic carbocycles. The summed E-state index contributed by atoms with van der Waals surface area (Å²) in [4.78, 5) is 13.0. The van der Waals surface area contributed by atoms with Gasteiger partial charge in [-0.1, -0.05) is 120 Å². The number of ether oxygens (including phenoxy) is 2. The molecule has 1 heterocycles. The van der Waals surface area contributed by atoms with Crippen molar-refractivity contribution in [2.45, 2.75) is 217 Å². The number of hydrogen-bond donors (Lipinski definition) is 8. The Balaban J connectivity index is 2.55. The highest BCUT2D eigenvalue weighted by molar-refractivity contribution is 5.80. The molecule has 1 fully saturated rings. The molecule has 326 valence electrons. The van der Waals surface area contributed by atoms with E-state index in [4.69, 9.17) is 9.47 Å². The van der Waals surface area contributed by atoms with Crippen molar-refractivity contribution >= 4 is 5.91 Å². The molecule has 9 atom stereocenters. The highest BCUT2D eigenvalue weighted by Crippen LogP contribution is 2.23. The van der Waals surface area contributed by atoms with Gasteiger partial charge in [0, 0.05) is 0 Å². The molecule has 1 aliphatic heterocycles. The topological polar surface area (TPSA) is 189 Å². The third-order valence-corrected chi connectivity index (χ3v) is 10.3. The van der Waals surface area contributed by atoms with E-state index in [1.165, 1.54) is 70.6 Å². The second kappa shape index (κ2) is 35.1. The zero-order chi connectivity index (χ0) is 41.2. The van der Waals surface area contributed by atoms with Crippen LogP contribution < -0.4 is 5.32 Å². The molecule has 0 aliphatic carbocycles. The predicted molar refractivity (Wildman–Crippen MR) is 224 cm³/mol. The van der Waals surface area contributed by atoms with E-state index in [1.807, 2.05) is 0 Å². The van der Waals surface area contributed by atoms with Crippen molar-refractivity contribution in [2.75, 3.05) is 13.2 Å². The molecule has 0 aromatic heterocycles. The highest BCUT2D eigenvalue weighted by atomic mass is 16.7. The van der Waals surface area contributed by atoms with Gasteiger partial charge in [-0.15, -0.1) is 0 Å². The molecule has 8 N–H and O–H groups in total. The van der Waals surface area contributed by atoms with Gasteiger partial charge in [0.25, 0.3) is 0 Å². The zero-order valence-corrected chi connectivity index (χ0v) is 34.8. The number of aliphatic hydroxyl groups is 7. The van der Waals surface area contributed by atoms with Gasteiger partial charge in [0.1, 0.15) is 36.6 Å². The second-order valence-electron chi connectivity index (χ2n) is 15.4. The third-order valence-electron chi connectivity index (χ3n) is 10.3. The van der Waals surface area contributed by atoms with Gasteiger partial charge in [0.15, 0.2) is 6.29 Å². The van der Waals surface area contributed by atoms with E-state index in [0.29, 0.717) is 19.3 Å². The third kappa shape index (κ3) is 24.8. The van der Waals surface area contributed by atoms with Crippen molar-refractivity contribution in [1.82, 2.24) is 5.32 Å². The maximum absolute atomic E-state index is 13.0. The lowest BCUT2D eigenvalue weighted by atomic mass is 9.98. The molecule has 0 aromatic rings. The molecule has 0 saturated carbocycles. The lowest BCUT2D eigenvalue weighted by Gasteiger charge is -2.40. The number of unbranched alkanes of at least 4 members (excludes halogenated alkanes) is 15. The lowest BCUT2D eigenvalue weighted by molar-refractivity contribution is -0.303. The first-order valence-electron chi connectivity index (χ1n) is 22.0. The summed E-state index contributed by atoms with van der Waals surface area (Å²) in [5, 5.41) is 75.4. The van der Waals surface area contributed by atoms with Crippen molar-refractivity contribution in [3.8, 4) is 0 Å². The Morgan fingerprint density at radius 3 is 1.61 bits per heavy atom. The van der Waals surface area contributed by atoms with Gasteiger partial charge in [-0.05, 0) is 89.9 Å². The Morgan fingerprint density at radius 1 is 0.607 bits per heavy atom.